The maximum Gasteiger partial charge on any atom is 0.338 e. The Hall–Kier alpha value is -2.93. The average Bonchev–Trinajstić information content (AvgIpc) is 2.67. The zero-order valence-electron chi connectivity index (χ0n) is 17.1. The number of carbonyl (C=O) groups excluding carboxylic acids is 2. The van der Waals surface area contributed by atoms with Gasteiger partial charge in [0.1, 0.15) is 0 Å². The largest absolute Gasteiger partial charge is 0.493 e. The molecule has 8 heteroatoms. The van der Waals surface area contributed by atoms with Crippen LogP contribution in [-0.2, 0) is 9.53 Å². The molecule has 0 aromatic heterocycles. The Kier molecular flexibility index (Phi) is 7.73. The number of esters is 1. The molecule has 0 spiro atoms. The van der Waals surface area contributed by atoms with Crippen LogP contribution >= 0.6 is 11.6 Å². The number of ether oxygens (including phenoxy) is 3. The third-order valence-corrected chi connectivity index (χ3v) is 4.10. The van der Waals surface area contributed by atoms with Crippen molar-refractivity contribution in [3.05, 3.63) is 47.0 Å². The van der Waals surface area contributed by atoms with Crippen molar-refractivity contribution in [2.24, 2.45) is 0 Å². The van der Waals surface area contributed by atoms with Crippen molar-refractivity contribution in [3.63, 3.8) is 0 Å². The molecule has 0 aliphatic rings. The third-order valence-electron chi connectivity index (χ3n) is 3.82. The number of nitrogens with zero attached hydrogens (tertiary/aromatic N) is 1. The average molecular weight is 421 g/mol. The second kappa shape index (κ2) is 10.0. The van der Waals surface area contributed by atoms with Crippen LogP contribution < -0.4 is 19.7 Å². The van der Waals surface area contributed by atoms with Crippen LogP contribution in [-0.4, -0.2) is 45.8 Å². The first-order chi connectivity index (χ1) is 13.7. The minimum absolute atomic E-state index is 0.116. The molecule has 7 nitrogen and oxygen atoms in total. The van der Waals surface area contributed by atoms with Crippen LogP contribution in [0.5, 0.6) is 11.5 Å². The Balaban J connectivity index is 1.99. The molecule has 0 radical (unpaired) electrons. The monoisotopic (exact) mass is 420 g/mol. The summed E-state index contributed by atoms with van der Waals surface area (Å²) in [6.45, 7) is 3.27. The number of halogens is 1. The van der Waals surface area contributed by atoms with Crippen LogP contribution in [0.3, 0.4) is 0 Å². The van der Waals surface area contributed by atoms with E-state index in [-0.39, 0.29) is 16.7 Å². The number of nitrogens with one attached hydrogen (secondary N) is 1. The molecule has 0 saturated carbocycles. The Bertz CT molecular complexity index is 866. The molecule has 2 rings (SSSR count). The summed E-state index contributed by atoms with van der Waals surface area (Å²) >= 11 is 6.21. The molecule has 156 valence electrons. The number of hydrogen-bond acceptors (Lipinski definition) is 6. The van der Waals surface area contributed by atoms with Gasteiger partial charge in [0.25, 0.3) is 5.91 Å². The summed E-state index contributed by atoms with van der Waals surface area (Å²) in [4.78, 5) is 26.3. The van der Waals surface area contributed by atoms with E-state index in [0.717, 1.165) is 5.69 Å². The standard InChI is InChI=1S/C21H25ClN2O5/c1-13(2)29-20-17(22)10-14(11-18(20)27-5)21(26)28-12-19(25)23-15-6-8-16(9-7-15)24(3)4/h6-11,13H,12H2,1-5H3,(H,23,25). The molecule has 1 amide bonds. The molecular weight excluding hydrogens is 396 g/mol. The second-order valence-electron chi connectivity index (χ2n) is 6.72. The fourth-order valence-corrected chi connectivity index (χ4v) is 2.70. The first kappa shape index (κ1) is 22.4. The van der Waals surface area contributed by atoms with Gasteiger partial charge in [-0.15, -0.1) is 0 Å². The van der Waals surface area contributed by atoms with E-state index in [1.54, 1.807) is 12.1 Å². The Morgan fingerprint density at radius 1 is 1.14 bits per heavy atom. The fraction of sp³-hybridized carbons (Fsp3) is 0.333. The van der Waals surface area contributed by atoms with E-state index in [4.69, 9.17) is 25.8 Å². The van der Waals surface area contributed by atoms with Crippen molar-refractivity contribution in [3.8, 4) is 11.5 Å². The maximum absolute atomic E-state index is 12.3. The lowest BCUT2D eigenvalue weighted by atomic mass is 10.2. The van der Waals surface area contributed by atoms with Gasteiger partial charge in [-0.2, -0.15) is 0 Å². The predicted molar refractivity (Wildman–Crippen MR) is 113 cm³/mol. The van der Waals surface area contributed by atoms with Crippen molar-refractivity contribution in [1.29, 1.82) is 0 Å². The number of benzene rings is 2. The van der Waals surface area contributed by atoms with Crippen molar-refractivity contribution in [2.75, 3.05) is 38.0 Å². The summed E-state index contributed by atoms with van der Waals surface area (Å²) in [5.41, 5.74) is 1.77. The van der Waals surface area contributed by atoms with Gasteiger partial charge in [0, 0.05) is 25.5 Å². The van der Waals surface area contributed by atoms with Gasteiger partial charge < -0.3 is 24.4 Å². The van der Waals surface area contributed by atoms with Gasteiger partial charge in [0.05, 0.1) is 23.8 Å². The van der Waals surface area contributed by atoms with Crippen molar-refractivity contribution in [1.82, 2.24) is 0 Å². The minimum Gasteiger partial charge on any atom is -0.493 e. The number of rotatable bonds is 8. The second-order valence-corrected chi connectivity index (χ2v) is 7.13. The maximum atomic E-state index is 12.3. The molecular formula is C21H25ClN2O5. The number of amides is 1. The van der Waals surface area contributed by atoms with E-state index in [1.165, 1.54) is 19.2 Å². The van der Waals surface area contributed by atoms with Crippen LogP contribution in [0.1, 0.15) is 24.2 Å². The summed E-state index contributed by atoms with van der Waals surface area (Å²) in [7, 11) is 5.30. The lowest BCUT2D eigenvalue weighted by Gasteiger charge is -2.16. The van der Waals surface area contributed by atoms with Crippen LogP contribution in [0, 0.1) is 0 Å². The predicted octanol–water partition coefficient (Wildman–Crippen LogP) is 4.00. The highest BCUT2D eigenvalue weighted by Gasteiger charge is 2.18. The molecule has 0 atom stereocenters. The van der Waals surface area contributed by atoms with Gasteiger partial charge in [-0.25, -0.2) is 4.79 Å². The lowest BCUT2D eigenvalue weighted by molar-refractivity contribution is -0.119. The van der Waals surface area contributed by atoms with E-state index >= 15 is 0 Å². The Morgan fingerprint density at radius 3 is 2.34 bits per heavy atom. The SMILES string of the molecule is COc1cc(C(=O)OCC(=O)Nc2ccc(N(C)C)cc2)cc(Cl)c1OC(C)C. The van der Waals surface area contributed by atoms with E-state index in [2.05, 4.69) is 5.32 Å². The molecule has 0 unspecified atom stereocenters. The molecule has 0 bridgehead atoms. The van der Waals surface area contributed by atoms with Crippen LogP contribution in [0.25, 0.3) is 0 Å². The summed E-state index contributed by atoms with van der Waals surface area (Å²) in [6.07, 6.45) is -0.116. The third kappa shape index (κ3) is 6.29. The highest BCUT2D eigenvalue weighted by Crippen LogP contribution is 2.37. The Morgan fingerprint density at radius 2 is 1.79 bits per heavy atom. The number of methoxy groups -OCH3 is 1. The summed E-state index contributed by atoms with van der Waals surface area (Å²) < 4.78 is 15.9. The first-order valence-corrected chi connectivity index (χ1v) is 9.37. The minimum atomic E-state index is -0.695. The van der Waals surface area contributed by atoms with Gasteiger partial charge in [0.15, 0.2) is 18.1 Å². The van der Waals surface area contributed by atoms with E-state index in [0.29, 0.717) is 17.2 Å². The quantitative estimate of drug-likeness (QED) is 0.650. The zero-order valence-corrected chi connectivity index (χ0v) is 17.9. The van der Waals surface area contributed by atoms with Crippen LogP contribution in [0.4, 0.5) is 11.4 Å². The fourth-order valence-electron chi connectivity index (χ4n) is 2.44. The van der Waals surface area contributed by atoms with Crippen LogP contribution in [0.15, 0.2) is 36.4 Å². The number of carbonyl (C=O) groups is 2. The number of anilines is 2. The topological polar surface area (TPSA) is 77.1 Å². The molecule has 0 heterocycles. The van der Waals surface area contributed by atoms with Gasteiger partial charge in [-0.1, -0.05) is 11.6 Å². The smallest absolute Gasteiger partial charge is 0.338 e. The van der Waals surface area contributed by atoms with E-state index < -0.39 is 18.5 Å². The molecule has 0 aliphatic heterocycles. The molecule has 0 saturated heterocycles. The van der Waals surface area contributed by atoms with E-state index in [9.17, 15) is 9.59 Å². The highest BCUT2D eigenvalue weighted by atomic mass is 35.5. The molecule has 0 fully saturated rings. The van der Waals surface area contributed by atoms with Crippen LogP contribution in [0.2, 0.25) is 5.02 Å². The summed E-state index contributed by atoms with van der Waals surface area (Å²) in [6, 6.07) is 10.2. The van der Waals surface area contributed by atoms with Gasteiger partial charge in [-0.3, -0.25) is 4.79 Å². The van der Waals surface area contributed by atoms with Gasteiger partial charge >= 0.3 is 5.97 Å². The normalized spacial score (nSPS) is 10.4. The van der Waals surface area contributed by atoms with Gasteiger partial charge in [-0.05, 0) is 50.2 Å². The van der Waals surface area contributed by atoms with Crippen molar-refractivity contribution in [2.45, 2.75) is 20.0 Å². The number of hydrogen-bond donors (Lipinski definition) is 1. The molecule has 29 heavy (non-hydrogen) atoms. The van der Waals surface area contributed by atoms with Gasteiger partial charge in [0.2, 0.25) is 0 Å². The van der Waals surface area contributed by atoms with Crippen molar-refractivity contribution >= 4 is 34.9 Å². The lowest BCUT2D eigenvalue weighted by Crippen LogP contribution is -2.21. The molecule has 2 aromatic carbocycles. The summed E-state index contributed by atoms with van der Waals surface area (Å²) in [5.74, 6) is -0.489. The molecule has 1 N–H and O–H groups in total. The first-order valence-electron chi connectivity index (χ1n) is 8.99. The Labute approximate surface area is 175 Å². The molecule has 0 aliphatic carbocycles. The zero-order chi connectivity index (χ0) is 21.6. The van der Waals surface area contributed by atoms with Crippen molar-refractivity contribution < 1.29 is 23.8 Å². The summed E-state index contributed by atoms with van der Waals surface area (Å²) in [5, 5.41) is 2.89. The molecule has 2 aromatic rings. The van der Waals surface area contributed by atoms with E-state index in [1.807, 2.05) is 45.0 Å². The highest BCUT2D eigenvalue weighted by molar-refractivity contribution is 6.32.